The van der Waals surface area contributed by atoms with Crippen molar-refractivity contribution in [3.8, 4) is 17.2 Å². The van der Waals surface area contributed by atoms with Gasteiger partial charge >= 0.3 is 0 Å². The topological polar surface area (TPSA) is 86.1 Å². The number of amides is 1. The minimum Gasteiger partial charge on any atom is -0.493 e. The molecule has 1 fully saturated rings. The van der Waals surface area contributed by atoms with Gasteiger partial charge in [-0.3, -0.25) is 9.69 Å². The number of nitrogens with two attached hydrogens (primary N) is 1. The maximum atomic E-state index is 11.7. The molecule has 3 rings (SSSR count). The number of likely N-dealkylation sites (tertiary alicyclic amines) is 1. The van der Waals surface area contributed by atoms with E-state index in [0.717, 1.165) is 30.8 Å². The van der Waals surface area contributed by atoms with Crippen molar-refractivity contribution in [3.05, 3.63) is 17.7 Å². The molecule has 0 bridgehead atoms. The molecule has 1 saturated heterocycles. The van der Waals surface area contributed by atoms with E-state index < -0.39 is 0 Å². The first-order valence-electron chi connectivity index (χ1n) is 9.38. The summed E-state index contributed by atoms with van der Waals surface area (Å²) in [5, 5.41) is 3.01. The van der Waals surface area contributed by atoms with Crippen LogP contribution in [0.15, 0.2) is 12.1 Å². The van der Waals surface area contributed by atoms with Gasteiger partial charge in [-0.15, -0.1) is 12.4 Å². The Morgan fingerprint density at radius 2 is 2.15 bits per heavy atom. The Labute approximate surface area is 166 Å². The van der Waals surface area contributed by atoms with Gasteiger partial charge in [0.25, 0.3) is 0 Å². The number of fused-ring (bicyclic) bond motifs is 1. The van der Waals surface area contributed by atoms with E-state index in [4.69, 9.17) is 19.9 Å². The Balaban J connectivity index is 0.00000261. The molecule has 27 heavy (non-hydrogen) atoms. The second-order valence-corrected chi connectivity index (χ2v) is 6.79. The van der Waals surface area contributed by atoms with Gasteiger partial charge in [-0.1, -0.05) is 6.42 Å². The minimum atomic E-state index is 0. The fraction of sp³-hybridized carbons (Fsp3) is 0.632. The van der Waals surface area contributed by atoms with Crippen LogP contribution in [0.4, 0.5) is 0 Å². The zero-order chi connectivity index (χ0) is 18.4. The summed E-state index contributed by atoms with van der Waals surface area (Å²) in [5.74, 6) is 2.17. The highest BCUT2D eigenvalue weighted by atomic mass is 35.5. The lowest BCUT2D eigenvalue weighted by Gasteiger charge is -2.36. The second-order valence-electron chi connectivity index (χ2n) is 6.79. The average molecular weight is 400 g/mol. The van der Waals surface area contributed by atoms with E-state index >= 15 is 0 Å². The van der Waals surface area contributed by atoms with Crippen LogP contribution in [0.3, 0.4) is 0 Å². The van der Waals surface area contributed by atoms with Gasteiger partial charge in [0.1, 0.15) is 13.2 Å². The van der Waals surface area contributed by atoms with Gasteiger partial charge in [0.2, 0.25) is 11.7 Å². The molecular weight excluding hydrogens is 370 g/mol. The predicted octanol–water partition coefficient (Wildman–Crippen LogP) is 1.71. The molecule has 2 heterocycles. The van der Waals surface area contributed by atoms with Crippen molar-refractivity contribution in [2.75, 3.05) is 40.0 Å². The van der Waals surface area contributed by atoms with E-state index in [1.807, 2.05) is 12.1 Å². The van der Waals surface area contributed by atoms with E-state index in [1.54, 1.807) is 7.11 Å². The number of halogens is 1. The third kappa shape index (κ3) is 5.64. The molecule has 7 nitrogen and oxygen atoms in total. The molecule has 3 N–H and O–H groups in total. The molecule has 0 spiro atoms. The van der Waals surface area contributed by atoms with Crippen molar-refractivity contribution in [3.63, 3.8) is 0 Å². The summed E-state index contributed by atoms with van der Waals surface area (Å²) in [6.07, 6.45) is 3.84. The largest absolute Gasteiger partial charge is 0.493 e. The van der Waals surface area contributed by atoms with Crippen LogP contribution >= 0.6 is 12.4 Å². The molecule has 152 valence electrons. The normalized spacial score (nSPS) is 19.1. The standard InChI is InChI=1S/C19H29N3O4.ClH/c1-24-16-10-14(11-17-19(16)26-9-8-25-17)13-22-7-3-2-4-15(22)12-21-18(23)5-6-20;/h10-11,15H,2-9,12-13,20H2,1H3,(H,21,23);1H. The molecule has 1 atom stereocenters. The van der Waals surface area contributed by atoms with Crippen molar-refractivity contribution in [1.82, 2.24) is 10.2 Å². The maximum absolute atomic E-state index is 11.7. The maximum Gasteiger partial charge on any atom is 0.221 e. The van der Waals surface area contributed by atoms with E-state index in [1.165, 1.54) is 12.8 Å². The van der Waals surface area contributed by atoms with Crippen molar-refractivity contribution < 1.29 is 19.0 Å². The monoisotopic (exact) mass is 399 g/mol. The number of rotatable bonds is 7. The lowest BCUT2D eigenvalue weighted by atomic mass is 10.0. The molecule has 0 saturated carbocycles. The fourth-order valence-electron chi connectivity index (χ4n) is 3.60. The molecule has 1 amide bonds. The third-order valence-corrected chi connectivity index (χ3v) is 4.93. The van der Waals surface area contributed by atoms with E-state index in [0.29, 0.717) is 50.3 Å². The van der Waals surface area contributed by atoms with E-state index in [-0.39, 0.29) is 18.3 Å². The molecular formula is C19H30ClN3O4. The number of hydrogen-bond donors (Lipinski definition) is 2. The SMILES string of the molecule is COc1cc(CN2CCCCC2CNC(=O)CCN)cc2c1OCCO2.Cl. The smallest absolute Gasteiger partial charge is 0.221 e. The zero-order valence-electron chi connectivity index (χ0n) is 15.9. The van der Waals surface area contributed by atoms with Gasteiger partial charge in [-0.05, 0) is 37.1 Å². The Bertz CT molecular complexity index is 612. The lowest BCUT2D eigenvalue weighted by molar-refractivity contribution is -0.121. The van der Waals surface area contributed by atoms with Crippen molar-refractivity contribution >= 4 is 18.3 Å². The summed E-state index contributed by atoms with van der Waals surface area (Å²) in [6, 6.07) is 4.40. The minimum absolute atomic E-state index is 0. The van der Waals surface area contributed by atoms with Gasteiger partial charge in [0.15, 0.2) is 11.5 Å². The number of nitrogens with zero attached hydrogens (tertiary/aromatic N) is 1. The molecule has 1 aromatic carbocycles. The van der Waals surface area contributed by atoms with Crippen LogP contribution in [-0.4, -0.2) is 56.8 Å². The number of methoxy groups -OCH3 is 1. The first kappa shape index (κ1) is 21.6. The van der Waals surface area contributed by atoms with Gasteiger partial charge in [-0.2, -0.15) is 0 Å². The predicted molar refractivity (Wildman–Crippen MR) is 106 cm³/mol. The van der Waals surface area contributed by atoms with Gasteiger partial charge in [-0.25, -0.2) is 0 Å². The van der Waals surface area contributed by atoms with Crippen molar-refractivity contribution in [2.45, 2.75) is 38.3 Å². The number of nitrogens with one attached hydrogen (secondary N) is 1. The summed E-state index contributed by atoms with van der Waals surface area (Å²) in [5.41, 5.74) is 6.58. The molecule has 1 unspecified atom stereocenters. The molecule has 2 aliphatic rings. The summed E-state index contributed by atoms with van der Waals surface area (Å²) in [4.78, 5) is 14.2. The van der Waals surface area contributed by atoms with Gasteiger partial charge in [0, 0.05) is 32.1 Å². The van der Waals surface area contributed by atoms with Crippen molar-refractivity contribution in [2.24, 2.45) is 5.73 Å². The summed E-state index contributed by atoms with van der Waals surface area (Å²) in [7, 11) is 1.65. The number of benzene rings is 1. The third-order valence-electron chi connectivity index (χ3n) is 4.93. The zero-order valence-corrected chi connectivity index (χ0v) is 16.7. The van der Waals surface area contributed by atoms with Crippen LogP contribution in [0.1, 0.15) is 31.2 Å². The highest BCUT2D eigenvalue weighted by molar-refractivity contribution is 5.85. The highest BCUT2D eigenvalue weighted by Gasteiger charge is 2.25. The Kier molecular flexibility index (Phi) is 8.47. The molecule has 1 aromatic rings. The molecule has 0 aromatic heterocycles. The number of carbonyl (C=O) groups is 1. The quantitative estimate of drug-likeness (QED) is 0.725. The Hall–Kier alpha value is -1.70. The van der Waals surface area contributed by atoms with Gasteiger partial charge < -0.3 is 25.3 Å². The number of piperidine rings is 1. The fourth-order valence-corrected chi connectivity index (χ4v) is 3.60. The van der Waals surface area contributed by atoms with Crippen LogP contribution in [0.2, 0.25) is 0 Å². The molecule has 8 heteroatoms. The summed E-state index contributed by atoms with van der Waals surface area (Å²) < 4.78 is 16.9. The van der Waals surface area contributed by atoms with Crippen LogP contribution < -0.4 is 25.3 Å². The Morgan fingerprint density at radius 3 is 2.93 bits per heavy atom. The van der Waals surface area contributed by atoms with Crippen LogP contribution in [0, 0.1) is 0 Å². The van der Waals surface area contributed by atoms with Crippen LogP contribution in [0.5, 0.6) is 17.2 Å². The highest BCUT2D eigenvalue weighted by Crippen LogP contribution is 2.40. The molecule has 2 aliphatic heterocycles. The summed E-state index contributed by atoms with van der Waals surface area (Å²) >= 11 is 0. The molecule has 0 radical (unpaired) electrons. The first-order valence-corrected chi connectivity index (χ1v) is 9.38. The van der Waals surface area contributed by atoms with Gasteiger partial charge in [0.05, 0.1) is 7.11 Å². The number of ether oxygens (including phenoxy) is 3. The number of hydrogen-bond acceptors (Lipinski definition) is 6. The average Bonchev–Trinajstić information content (AvgIpc) is 2.67. The van der Waals surface area contributed by atoms with Crippen molar-refractivity contribution in [1.29, 1.82) is 0 Å². The van der Waals surface area contributed by atoms with Crippen LogP contribution in [0.25, 0.3) is 0 Å². The first-order chi connectivity index (χ1) is 12.7. The summed E-state index contributed by atoms with van der Waals surface area (Å²) in [6.45, 7) is 3.97. The number of carbonyl (C=O) groups excluding carboxylic acids is 1. The second kappa shape index (κ2) is 10.6. The van der Waals surface area contributed by atoms with E-state index in [2.05, 4.69) is 10.2 Å². The lowest BCUT2D eigenvalue weighted by Crippen LogP contribution is -2.46. The Morgan fingerprint density at radius 1 is 1.33 bits per heavy atom. The van der Waals surface area contributed by atoms with Crippen LogP contribution in [-0.2, 0) is 11.3 Å². The molecule has 0 aliphatic carbocycles. The van der Waals surface area contributed by atoms with E-state index in [9.17, 15) is 4.79 Å².